The molecule has 138 valence electrons. The normalized spacial score (nSPS) is 11.7. The molecular weight excluding hydrogens is 328 g/mol. The van der Waals surface area contributed by atoms with E-state index in [9.17, 15) is 9.59 Å². The van der Waals surface area contributed by atoms with Crippen LogP contribution in [0.4, 0.5) is 5.69 Å². The van der Waals surface area contributed by atoms with Crippen LogP contribution in [-0.2, 0) is 16.0 Å². The van der Waals surface area contributed by atoms with Gasteiger partial charge in [0.15, 0.2) is 0 Å². The molecule has 0 spiro atoms. The fraction of sp³-hybridized carbons (Fsp3) is 0.333. The maximum atomic E-state index is 12.3. The van der Waals surface area contributed by atoms with Gasteiger partial charge in [-0.1, -0.05) is 43.3 Å². The first-order valence-electron chi connectivity index (χ1n) is 8.93. The fourth-order valence-corrected chi connectivity index (χ4v) is 2.58. The highest BCUT2D eigenvalue weighted by Gasteiger charge is 2.14. The smallest absolute Gasteiger partial charge is 0.340 e. The number of hydrogen-bond donors (Lipinski definition) is 2. The van der Waals surface area contributed by atoms with Crippen molar-refractivity contribution in [2.75, 3.05) is 18.5 Å². The Hall–Kier alpha value is -2.66. The lowest BCUT2D eigenvalue weighted by molar-refractivity contribution is -0.115. The SMILES string of the molecule is CCOC(=O)c1ccccc1NC(=O)CNC(C)c1ccc(CC)cc1. The third kappa shape index (κ3) is 5.43. The Labute approximate surface area is 154 Å². The molecule has 1 amide bonds. The first-order chi connectivity index (χ1) is 12.5. The van der Waals surface area contributed by atoms with Gasteiger partial charge in [0.05, 0.1) is 24.4 Å². The predicted octanol–water partition coefficient (Wildman–Crippen LogP) is 3.72. The van der Waals surface area contributed by atoms with E-state index in [2.05, 4.69) is 41.8 Å². The van der Waals surface area contributed by atoms with Gasteiger partial charge in [0.2, 0.25) is 5.91 Å². The molecule has 0 bridgehead atoms. The number of benzene rings is 2. The quantitative estimate of drug-likeness (QED) is 0.709. The van der Waals surface area contributed by atoms with Crippen molar-refractivity contribution in [2.45, 2.75) is 33.2 Å². The van der Waals surface area contributed by atoms with Gasteiger partial charge in [-0.25, -0.2) is 4.79 Å². The Bertz CT molecular complexity index is 741. The molecule has 0 radical (unpaired) electrons. The number of ether oxygens (including phenoxy) is 1. The number of hydrogen-bond acceptors (Lipinski definition) is 4. The lowest BCUT2D eigenvalue weighted by Gasteiger charge is -2.15. The molecule has 2 aromatic rings. The van der Waals surface area contributed by atoms with Gasteiger partial charge in [-0.15, -0.1) is 0 Å². The van der Waals surface area contributed by atoms with Crippen LogP contribution in [0.3, 0.4) is 0 Å². The Balaban J connectivity index is 1.93. The summed E-state index contributed by atoms with van der Waals surface area (Å²) in [6.45, 7) is 6.32. The van der Waals surface area contributed by atoms with E-state index in [0.717, 1.165) is 12.0 Å². The molecule has 1 atom stereocenters. The van der Waals surface area contributed by atoms with Crippen molar-refractivity contribution in [2.24, 2.45) is 0 Å². The zero-order valence-corrected chi connectivity index (χ0v) is 15.5. The van der Waals surface area contributed by atoms with Crippen LogP contribution < -0.4 is 10.6 Å². The lowest BCUT2D eigenvalue weighted by atomic mass is 10.1. The summed E-state index contributed by atoms with van der Waals surface area (Å²) in [6, 6.07) is 15.2. The highest BCUT2D eigenvalue weighted by atomic mass is 16.5. The number of rotatable bonds is 8. The summed E-state index contributed by atoms with van der Waals surface area (Å²) in [6.07, 6.45) is 1.00. The maximum absolute atomic E-state index is 12.3. The van der Waals surface area contributed by atoms with Crippen LogP contribution in [0.1, 0.15) is 48.3 Å². The molecule has 2 aromatic carbocycles. The fourth-order valence-electron chi connectivity index (χ4n) is 2.58. The minimum absolute atomic E-state index is 0.0481. The molecule has 0 heterocycles. The standard InChI is InChI=1S/C21H26N2O3/c1-4-16-10-12-17(13-11-16)15(3)22-14-20(24)23-19-9-7-6-8-18(19)21(25)26-5-2/h6-13,15,22H,4-5,14H2,1-3H3,(H,23,24). The summed E-state index contributed by atoms with van der Waals surface area (Å²) in [4.78, 5) is 24.2. The number of carbonyl (C=O) groups excluding carboxylic acids is 2. The monoisotopic (exact) mass is 354 g/mol. The molecule has 0 fully saturated rings. The van der Waals surface area contributed by atoms with E-state index < -0.39 is 5.97 Å². The number of nitrogens with one attached hydrogen (secondary N) is 2. The Morgan fingerprint density at radius 1 is 1.04 bits per heavy atom. The molecule has 26 heavy (non-hydrogen) atoms. The predicted molar refractivity (Wildman–Crippen MR) is 103 cm³/mol. The van der Waals surface area contributed by atoms with Crippen LogP contribution in [0.25, 0.3) is 0 Å². The molecule has 5 nitrogen and oxygen atoms in total. The van der Waals surface area contributed by atoms with Gasteiger partial charge in [0.1, 0.15) is 0 Å². The van der Waals surface area contributed by atoms with E-state index in [0.29, 0.717) is 11.3 Å². The molecule has 0 aliphatic rings. The summed E-state index contributed by atoms with van der Waals surface area (Å²) in [7, 11) is 0. The molecule has 0 aromatic heterocycles. The minimum Gasteiger partial charge on any atom is -0.462 e. The van der Waals surface area contributed by atoms with Crippen LogP contribution in [0.15, 0.2) is 48.5 Å². The van der Waals surface area contributed by atoms with Crippen LogP contribution in [0.2, 0.25) is 0 Å². The Morgan fingerprint density at radius 2 is 1.73 bits per heavy atom. The number of esters is 1. The van der Waals surface area contributed by atoms with E-state index in [1.54, 1.807) is 31.2 Å². The van der Waals surface area contributed by atoms with Crippen molar-refractivity contribution in [3.8, 4) is 0 Å². The number of amides is 1. The van der Waals surface area contributed by atoms with Crippen LogP contribution in [-0.4, -0.2) is 25.0 Å². The number of para-hydroxylation sites is 1. The average molecular weight is 354 g/mol. The summed E-state index contributed by atoms with van der Waals surface area (Å²) in [5, 5.41) is 5.97. The highest BCUT2D eigenvalue weighted by Crippen LogP contribution is 2.17. The van der Waals surface area contributed by atoms with Crippen LogP contribution >= 0.6 is 0 Å². The van der Waals surface area contributed by atoms with Gasteiger partial charge in [-0.05, 0) is 43.5 Å². The Morgan fingerprint density at radius 3 is 2.38 bits per heavy atom. The van der Waals surface area contributed by atoms with Crippen molar-refractivity contribution in [1.82, 2.24) is 5.32 Å². The molecule has 2 rings (SSSR count). The van der Waals surface area contributed by atoms with E-state index in [-0.39, 0.29) is 25.1 Å². The average Bonchev–Trinajstić information content (AvgIpc) is 2.66. The van der Waals surface area contributed by atoms with Gasteiger partial charge < -0.3 is 15.4 Å². The lowest BCUT2D eigenvalue weighted by Crippen LogP contribution is -2.30. The van der Waals surface area contributed by atoms with E-state index in [1.807, 2.05) is 6.92 Å². The maximum Gasteiger partial charge on any atom is 0.340 e. The third-order valence-corrected chi connectivity index (χ3v) is 4.15. The van der Waals surface area contributed by atoms with Crippen molar-refractivity contribution < 1.29 is 14.3 Å². The summed E-state index contributed by atoms with van der Waals surface area (Å²) >= 11 is 0. The van der Waals surface area contributed by atoms with Crippen molar-refractivity contribution in [1.29, 1.82) is 0 Å². The summed E-state index contributed by atoms with van der Waals surface area (Å²) < 4.78 is 5.02. The molecule has 0 saturated carbocycles. The molecular formula is C21H26N2O3. The first-order valence-corrected chi connectivity index (χ1v) is 8.93. The first kappa shape index (κ1) is 19.7. The van der Waals surface area contributed by atoms with Crippen LogP contribution in [0, 0.1) is 0 Å². The number of aryl methyl sites for hydroxylation is 1. The second-order valence-corrected chi connectivity index (χ2v) is 6.01. The Kier molecular flexibility index (Phi) is 7.36. The molecule has 2 N–H and O–H groups in total. The number of anilines is 1. The zero-order chi connectivity index (χ0) is 18.9. The minimum atomic E-state index is -0.444. The molecule has 0 aliphatic carbocycles. The van der Waals surface area contributed by atoms with E-state index in [1.165, 1.54) is 5.56 Å². The largest absolute Gasteiger partial charge is 0.462 e. The van der Waals surface area contributed by atoms with Crippen molar-refractivity contribution in [3.63, 3.8) is 0 Å². The van der Waals surface area contributed by atoms with Gasteiger partial charge in [0.25, 0.3) is 0 Å². The topological polar surface area (TPSA) is 67.4 Å². The van der Waals surface area contributed by atoms with Gasteiger partial charge >= 0.3 is 5.97 Å². The third-order valence-electron chi connectivity index (χ3n) is 4.15. The molecule has 0 saturated heterocycles. The van der Waals surface area contributed by atoms with Crippen LogP contribution in [0.5, 0.6) is 0 Å². The van der Waals surface area contributed by atoms with Gasteiger partial charge in [-0.2, -0.15) is 0 Å². The van der Waals surface area contributed by atoms with Crippen molar-refractivity contribution in [3.05, 3.63) is 65.2 Å². The second-order valence-electron chi connectivity index (χ2n) is 6.01. The molecule has 1 unspecified atom stereocenters. The second kappa shape index (κ2) is 9.73. The van der Waals surface area contributed by atoms with E-state index >= 15 is 0 Å². The summed E-state index contributed by atoms with van der Waals surface area (Å²) in [5.41, 5.74) is 3.22. The highest BCUT2D eigenvalue weighted by molar-refractivity contribution is 6.01. The van der Waals surface area contributed by atoms with Gasteiger partial charge in [0, 0.05) is 6.04 Å². The van der Waals surface area contributed by atoms with E-state index in [4.69, 9.17) is 4.74 Å². The van der Waals surface area contributed by atoms with Gasteiger partial charge in [-0.3, -0.25) is 4.79 Å². The zero-order valence-electron chi connectivity index (χ0n) is 15.5. The molecule has 5 heteroatoms. The number of carbonyl (C=O) groups is 2. The van der Waals surface area contributed by atoms with Crippen molar-refractivity contribution >= 4 is 17.6 Å². The molecule has 0 aliphatic heterocycles. The summed E-state index contributed by atoms with van der Waals surface area (Å²) in [5.74, 6) is -0.653.